The molecule has 30 heavy (non-hydrogen) atoms. The van der Waals surface area contributed by atoms with E-state index >= 15 is 0 Å². The molecule has 0 bridgehead atoms. The van der Waals surface area contributed by atoms with Crippen LogP contribution in [0.25, 0.3) is 0 Å². The van der Waals surface area contributed by atoms with Gasteiger partial charge >= 0.3 is 0 Å². The number of aliphatic hydroxyl groups is 1. The number of carbonyl (C=O) groups excluding carboxylic acids is 1. The Morgan fingerprint density at radius 2 is 1.73 bits per heavy atom. The molecule has 5 nitrogen and oxygen atoms in total. The molecule has 0 aromatic heterocycles. The number of hydrogen-bond acceptors (Lipinski definition) is 4. The number of carbonyl (C=O) groups is 1. The molecule has 0 aliphatic carbocycles. The number of nitrogens with zero attached hydrogens (tertiary/aromatic N) is 3. The first-order chi connectivity index (χ1) is 14.4. The molecular formula is C22H24Cl2FN3O2. The van der Waals surface area contributed by atoms with Gasteiger partial charge in [0.15, 0.2) is 0 Å². The zero-order chi connectivity index (χ0) is 21.3. The SMILES string of the molecule is O=C(c1ccc(F)c(Cl)c1)N1CC(O)C(N2CCN(Cc3ccc(Cl)cc3)CC2)C1. The van der Waals surface area contributed by atoms with Gasteiger partial charge < -0.3 is 10.0 Å². The second-order valence-electron chi connectivity index (χ2n) is 7.91. The summed E-state index contributed by atoms with van der Waals surface area (Å²) in [5, 5.41) is 11.2. The number of amides is 1. The van der Waals surface area contributed by atoms with E-state index in [9.17, 15) is 14.3 Å². The monoisotopic (exact) mass is 451 g/mol. The Morgan fingerprint density at radius 3 is 2.40 bits per heavy atom. The standard InChI is InChI=1S/C22H24Cl2FN3O2/c23-17-4-1-15(2-5-17)12-26-7-9-27(10-8-26)20-13-28(14-21(20)29)22(30)16-3-6-19(25)18(24)11-16/h1-6,11,20-21,29H,7-10,12-14H2. The van der Waals surface area contributed by atoms with E-state index in [0.717, 1.165) is 37.7 Å². The molecule has 4 rings (SSSR count). The highest BCUT2D eigenvalue weighted by Crippen LogP contribution is 2.23. The van der Waals surface area contributed by atoms with Gasteiger partial charge in [-0.2, -0.15) is 0 Å². The first kappa shape index (κ1) is 21.5. The van der Waals surface area contributed by atoms with Gasteiger partial charge in [-0.25, -0.2) is 4.39 Å². The van der Waals surface area contributed by atoms with Gasteiger partial charge in [-0.05, 0) is 35.9 Å². The molecule has 2 unspecified atom stereocenters. The van der Waals surface area contributed by atoms with Crippen molar-refractivity contribution in [1.29, 1.82) is 0 Å². The average Bonchev–Trinajstić information content (AvgIpc) is 3.13. The first-order valence-electron chi connectivity index (χ1n) is 10.0. The largest absolute Gasteiger partial charge is 0.390 e. The second kappa shape index (κ2) is 9.20. The maximum atomic E-state index is 13.4. The molecule has 0 saturated carbocycles. The van der Waals surface area contributed by atoms with Crippen LogP contribution in [0.1, 0.15) is 15.9 Å². The number of rotatable bonds is 4. The Morgan fingerprint density at radius 1 is 1.03 bits per heavy atom. The van der Waals surface area contributed by atoms with Crippen LogP contribution in [-0.4, -0.2) is 77.1 Å². The topological polar surface area (TPSA) is 47.0 Å². The van der Waals surface area contributed by atoms with Crippen molar-refractivity contribution in [3.8, 4) is 0 Å². The molecule has 2 aromatic carbocycles. The molecule has 2 aliphatic heterocycles. The number of halogens is 3. The summed E-state index contributed by atoms with van der Waals surface area (Å²) in [6.07, 6.45) is -0.604. The molecule has 1 N–H and O–H groups in total. The number of piperazine rings is 1. The quantitative estimate of drug-likeness (QED) is 0.775. The maximum Gasteiger partial charge on any atom is 0.254 e. The number of benzene rings is 2. The zero-order valence-electron chi connectivity index (χ0n) is 16.5. The summed E-state index contributed by atoms with van der Waals surface area (Å²) in [6.45, 7) is 5.05. The van der Waals surface area contributed by atoms with Crippen LogP contribution >= 0.6 is 23.2 Å². The lowest BCUT2D eigenvalue weighted by Gasteiger charge is -2.38. The van der Waals surface area contributed by atoms with E-state index in [0.29, 0.717) is 12.1 Å². The van der Waals surface area contributed by atoms with Gasteiger partial charge in [-0.15, -0.1) is 0 Å². The summed E-state index contributed by atoms with van der Waals surface area (Å²) < 4.78 is 13.4. The minimum absolute atomic E-state index is 0.0750. The fraction of sp³-hybridized carbons (Fsp3) is 0.409. The third-order valence-corrected chi connectivity index (χ3v) is 6.45. The van der Waals surface area contributed by atoms with Crippen LogP contribution in [0.2, 0.25) is 10.0 Å². The zero-order valence-corrected chi connectivity index (χ0v) is 18.0. The molecule has 0 spiro atoms. The van der Waals surface area contributed by atoms with Gasteiger partial charge in [-0.3, -0.25) is 14.6 Å². The Hall–Kier alpha value is -1.70. The normalized spacial score (nSPS) is 23.1. The smallest absolute Gasteiger partial charge is 0.254 e. The summed E-state index contributed by atoms with van der Waals surface area (Å²) in [5.74, 6) is -0.788. The van der Waals surface area contributed by atoms with Crippen LogP contribution in [0.5, 0.6) is 0 Å². The number of aliphatic hydroxyl groups excluding tert-OH is 1. The first-order valence-corrected chi connectivity index (χ1v) is 10.8. The van der Waals surface area contributed by atoms with Crippen molar-refractivity contribution in [2.45, 2.75) is 18.7 Å². The minimum Gasteiger partial charge on any atom is -0.390 e. The molecule has 1 amide bonds. The third-order valence-electron chi connectivity index (χ3n) is 5.91. The van der Waals surface area contributed by atoms with Crippen molar-refractivity contribution in [3.63, 3.8) is 0 Å². The van der Waals surface area contributed by atoms with Crippen LogP contribution in [0.4, 0.5) is 4.39 Å². The van der Waals surface area contributed by atoms with E-state index in [2.05, 4.69) is 9.80 Å². The summed E-state index contributed by atoms with van der Waals surface area (Å²) in [5.41, 5.74) is 1.56. The minimum atomic E-state index is -0.604. The molecule has 2 fully saturated rings. The Labute approximate surface area is 185 Å². The highest BCUT2D eigenvalue weighted by Gasteiger charge is 2.38. The van der Waals surface area contributed by atoms with E-state index in [1.807, 2.05) is 24.3 Å². The summed E-state index contributed by atoms with van der Waals surface area (Å²) in [6, 6.07) is 11.8. The molecule has 2 heterocycles. The maximum absolute atomic E-state index is 13.4. The van der Waals surface area contributed by atoms with Gasteiger partial charge in [0.2, 0.25) is 0 Å². The summed E-state index contributed by atoms with van der Waals surface area (Å²) in [4.78, 5) is 19.0. The summed E-state index contributed by atoms with van der Waals surface area (Å²) >= 11 is 11.8. The average molecular weight is 452 g/mol. The lowest BCUT2D eigenvalue weighted by molar-refractivity contribution is 0.0423. The van der Waals surface area contributed by atoms with Crippen LogP contribution in [-0.2, 0) is 6.54 Å². The van der Waals surface area contributed by atoms with Gasteiger partial charge in [0, 0.05) is 56.4 Å². The van der Waals surface area contributed by atoms with Crippen LogP contribution in [0, 0.1) is 5.82 Å². The predicted molar refractivity (Wildman–Crippen MR) is 115 cm³/mol. The number of likely N-dealkylation sites (tertiary alicyclic amines) is 1. The molecule has 2 saturated heterocycles. The van der Waals surface area contributed by atoms with E-state index in [4.69, 9.17) is 23.2 Å². The van der Waals surface area contributed by atoms with Crippen molar-refractivity contribution < 1.29 is 14.3 Å². The van der Waals surface area contributed by atoms with Gasteiger partial charge in [0.05, 0.1) is 17.2 Å². The van der Waals surface area contributed by atoms with Crippen molar-refractivity contribution in [2.24, 2.45) is 0 Å². The lowest BCUT2D eigenvalue weighted by atomic mass is 10.1. The highest BCUT2D eigenvalue weighted by molar-refractivity contribution is 6.31. The van der Waals surface area contributed by atoms with E-state index in [1.54, 1.807) is 4.90 Å². The van der Waals surface area contributed by atoms with Crippen molar-refractivity contribution in [2.75, 3.05) is 39.3 Å². The van der Waals surface area contributed by atoms with Crippen LogP contribution in [0.15, 0.2) is 42.5 Å². The van der Waals surface area contributed by atoms with Crippen molar-refractivity contribution >= 4 is 29.1 Å². The van der Waals surface area contributed by atoms with E-state index in [1.165, 1.54) is 23.8 Å². The van der Waals surface area contributed by atoms with Crippen molar-refractivity contribution in [3.05, 3.63) is 69.5 Å². The molecule has 2 atom stereocenters. The van der Waals surface area contributed by atoms with E-state index < -0.39 is 11.9 Å². The predicted octanol–water partition coefficient (Wildman–Crippen LogP) is 3.14. The van der Waals surface area contributed by atoms with Gasteiger partial charge in [0.25, 0.3) is 5.91 Å². The highest BCUT2D eigenvalue weighted by atomic mass is 35.5. The third kappa shape index (κ3) is 4.79. The number of β-amino-alcohol motifs (C(OH)–C–C–N with tert-alkyl or cyclic N) is 1. The molecule has 2 aromatic rings. The van der Waals surface area contributed by atoms with Crippen molar-refractivity contribution in [1.82, 2.24) is 14.7 Å². The van der Waals surface area contributed by atoms with E-state index in [-0.39, 0.29) is 23.5 Å². The molecule has 2 aliphatic rings. The van der Waals surface area contributed by atoms with Gasteiger partial charge in [-0.1, -0.05) is 35.3 Å². The summed E-state index contributed by atoms with van der Waals surface area (Å²) in [7, 11) is 0. The fourth-order valence-electron chi connectivity index (χ4n) is 4.21. The molecular weight excluding hydrogens is 428 g/mol. The van der Waals surface area contributed by atoms with Gasteiger partial charge in [0.1, 0.15) is 5.82 Å². The molecule has 160 valence electrons. The Balaban J connectivity index is 1.32. The number of hydrogen-bond donors (Lipinski definition) is 1. The Kier molecular flexibility index (Phi) is 6.60. The fourth-order valence-corrected chi connectivity index (χ4v) is 4.51. The lowest BCUT2D eigenvalue weighted by Crippen LogP contribution is -2.53. The van der Waals surface area contributed by atoms with Crippen LogP contribution < -0.4 is 0 Å². The molecule has 0 radical (unpaired) electrons. The molecule has 8 heteroatoms. The Bertz CT molecular complexity index is 904. The van der Waals surface area contributed by atoms with Crippen LogP contribution in [0.3, 0.4) is 0 Å². The second-order valence-corrected chi connectivity index (χ2v) is 8.76.